The lowest BCUT2D eigenvalue weighted by atomic mass is 10.1. The summed E-state index contributed by atoms with van der Waals surface area (Å²) < 4.78 is 25.3. The van der Waals surface area contributed by atoms with Crippen molar-refractivity contribution in [3.05, 3.63) is 71.2 Å². The van der Waals surface area contributed by atoms with Gasteiger partial charge in [-0.3, -0.25) is 4.79 Å². The average Bonchev–Trinajstić information content (AvgIpc) is 3.24. The molecular formula is C21H20N2O3S2. The Morgan fingerprint density at radius 3 is 2.64 bits per heavy atom. The lowest BCUT2D eigenvalue weighted by Gasteiger charge is -2.22. The van der Waals surface area contributed by atoms with E-state index in [1.54, 1.807) is 10.3 Å². The minimum atomic E-state index is -3.61. The van der Waals surface area contributed by atoms with E-state index in [-0.39, 0.29) is 17.7 Å². The zero-order valence-corrected chi connectivity index (χ0v) is 17.0. The number of amides is 1. The van der Waals surface area contributed by atoms with Crippen molar-refractivity contribution < 1.29 is 13.2 Å². The third-order valence-electron chi connectivity index (χ3n) is 4.76. The molecule has 0 radical (unpaired) electrons. The minimum absolute atomic E-state index is 0.0379. The van der Waals surface area contributed by atoms with Crippen LogP contribution in [0.1, 0.15) is 18.2 Å². The number of rotatable bonds is 5. The number of anilines is 1. The smallest absolute Gasteiger partial charge is 0.242 e. The first-order valence-corrected chi connectivity index (χ1v) is 11.7. The Hall–Kier alpha value is -2.51. The summed E-state index contributed by atoms with van der Waals surface area (Å²) in [6, 6.07) is 17.2. The molecule has 5 nitrogen and oxygen atoms in total. The molecule has 1 aliphatic rings. The van der Waals surface area contributed by atoms with Crippen molar-refractivity contribution in [3.63, 3.8) is 0 Å². The molecule has 2 aromatic carbocycles. The van der Waals surface area contributed by atoms with Crippen molar-refractivity contribution in [2.75, 3.05) is 10.7 Å². The lowest BCUT2D eigenvalue weighted by Crippen LogP contribution is -2.39. The van der Waals surface area contributed by atoms with Crippen LogP contribution in [-0.2, 0) is 26.8 Å². The summed E-state index contributed by atoms with van der Waals surface area (Å²) in [4.78, 5) is 18.8. The largest absolute Gasteiger partial charge is 0.308 e. The Morgan fingerprint density at radius 2 is 1.86 bits per heavy atom. The standard InChI is InChI=1S/C21H20N2O3S2/c1-15-11-17-9-5-6-10-19(17)23(15)20(24)14-28(25,26)13-18-12-27-21(22-18)16-7-3-2-4-8-16/h2-10,12,15H,11,13-14H2,1H3/t15-/m1/s1. The predicted molar refractivity (Wildman–Crippen MR) is 112 cm³/mol. The summed E-state index contributed by atoms with van der Waals surface area (Å²) in [5, 5.41) is 2.53. The van der Waals surface area contributed by atoms with E-state index >= 15 is 0 Å². The van der Waals surface area contributed by atoms with Gasteiger partial charge < -0.3 is 4.90 Å². The van der Waals surface area contributed by atoms with Crippen molar-refractivity contribution >= 4 is 32.8 Å². The van der Waals surface area contributed by atoms with Crippen molar-refractivity contribution in [1.82, 2.24) is 4.98 Å². The number of fused-ring (bicyclic) bond motifs is 1. The summed E-state index contributed by atoms with van der Waals surface area (Å²) in [5.74, 6) is -1.12. The number of sulfone groups is 1. The Bertz CT molecular complexity index is 1110. The highest BCUT2D eigenvalue weighted by Crippen LogP contribution is 2.32. The highest BCUT2D eigenvalue weighted by atomic mass is 32.2. The molecule has 0 saturated heterocycles. The second-order valence-corrected chi connectivity index (χ2v) is 9.91. The van der Waals surface area contributed by atoms with Crippen molar-refractivity contribution in [3.8, 4) is 10.6 Å². The zero-order valence-electron chi connectivity index (χ0n) is 15.4. The van der Waals surface area contributed by atoms with Gasteiger partial charge in [0.1, 0.15) is 10.8 Å². The monoisotopic (exact) mass is 412 g/mol. The summed E-state index contributed by atoms with van der Waals surface area (Å²) in [6.07, 6.45) is 0.745. The third-order valence-corrected chi connectivity index (χ3v) is 7.12. The van der Waals surface area contributed by atoms with Gasteiger partial charge in [-0.2, -0.15) is 0 Å². The van der Waals surface area contributed by atoms with E-state index in [2.05, 4.69) is 4.98 Å². The number of thiazole rings is 1. The SMILES string of the molecule is C[C@@H]1Cc2ccccc2N1C(=O)CS(=O)(=O)Cc1csc(-c2ccccc2)n1. The van der Waals surface area contributed by atoms with Crippen LogP contribution in [0.2, 0.25) is 0 Å². The van der Waals surface area contributed by atoms with Crippen molar-refractivity contribution in [1.29, 1.82) is 0 Å². The molecule has 0 spiro atoms. The van der Waals surface area contributed by atoms with Crippen LogP contribution in [0.15, 0.2) is 60.0 Å². The molecule has 28 heavy (non-hydrogen) atoms. The fraction of sp³-hybridized carbons (Fsp3) is 0.238. The van der Waals surface area contributed by atoms with Gasteiger partial charge in [-0.05, 0) is 25.0 Å². The lowest BCUT2D eigenvalue weighted by molar-refractivity contribution is -0.116. The molecule has 0 fully saturated rings. The van der Waals surface area contributed by atoms with Crippen LogP contribution < -0.4 is 4.90 Å². The molecule has 0 bridgehead atoms. The van der Waals surface area contributed by atoms with Gasteiger partial charge in [0.05, 0.1) is 11.4 Å². The van der Waals surface area contributed by atoms with Crippen molar-refractivity contribution in [2.45, 2.75) is 25.1 Å². The van der Waals surface area contributed by atoms with Crippen LogP contribution in [0, 0.1) is 0 Å². The fourth-order valence-corrected chi connectivity index (χ4v) is 5.71. The minimum Gasteiger partial charge on any atom is -0.308 e. The number of hydrogen-bond acceptors (Lipinski definition) is 5. The number of carbonyl (C=O) groups is 1. The first kappa shape index (κ1) is 18.8. The van der Waals surface area contributed by atoms with E-state index < -0.39 is 15.6 Å². The predicted octanol–water partition coefficient (Wildman–Crippen LogP) is 3.70. The Kier molecular flexibility index (Phi) is 5.03. The number of para-hydroxylation sites is 1. The second-order valence-electron chi connectivity index (χ2n) is 6.99. The highest BCUT2D eigenvalue weighted by Gasteiger charge is 2.33. The van der Waals surface area contributed by atoms with Crippen LogP contribution in [0.4, 0.5) is 5.69 Å². The van der Waals surface area contributed by atoms with Gasteiger partial charge >= 0.3 is 0 Å². The number of carbonyl (C=O) groups excluding carboxylic acids is 1. The van der Waals surface area contributed by atoms with Crippen LogP contribution in [0.3, 0.4) is 0 Å². The molecule has 1 aliphatic heterocycles. The molecule has 4 rings (SSSR count). The molecule has 0 aliphatic carbocycles. The molecule has 1 amide bonds. The van der Waals surface area contributed by atoms with E-state index in [4.69, 9.17) is 0 Å². The van der Waals surface area contributed by atoms with Crippen LogP contribution in [0.25, 0.3) is 10.6 Å². The van der Waals surface area contributed by atoms with Gasteiger partial charge in [-0.15, -0.1) is 11.3 Å². The Labute approximate surface area is 168 Å². The molecule has 7 heteroatoms. The van der Waals surface area contributed by atoms with Crippen LogP contribution >= 0.6 is 11.3 Å². The zero-order chi connectivity index (χ0) is 19.7. The van der Waals surface area contributed by atoms with E-state index in [9.17, 15) is 13.2 Å². The van der Waals surface area contributed by atoms with Gasteiger partial charge in [0.15, 0.2) is 9.84 Å². The number of nitrogens with zero attached hydrogens (tertiary/aromatic N) is 2. The normalized spacial score (nSPS) is 16.2. The second kappa shape index (κ2) is 7.48. The highest BCUT2D eigenvalue weighted by molar-refractivity contribution is 7.91. The molecule has 0 unspecified atom stereocenters. The van der Waals surface area contributed by atoms with Gasteiger partial charge in [0.25, 0.3) is 0 Å². The van der Waals surface area contributed by atoms with Crippen molar-refractivity contribution in [2.24, 2.45) is 0 Å². The molecule has 2 heterocycles. The molecule has 3 aromatic rings. The van der Waals surface area contributed by atoms with Gasteiger partial charge in [0, 0.05) is 22.7 Å². The van der Waals surface area contributed by atoms with Gasteiger partial charge in [-0.25, -0.2) is 13.4 Å². The average molecular weight is 413 g/mol. The number of aromatic nitrogens is 1. The maximum atomic E-state index is 12.8. The molecule has 0 saturated carbocycles. The Balaban J connectivity index is 1.48. The molecule has 1 aromatic heterocycles. The Morgan fingerprint density at radius 1 is 1.14 bits per heavy atom. The van der Waals surface area contributed by atoms with E-state index in [1.165, 1.54) is 11.3 Å². The summed E-state index contributed by atoms with van der Waals surface area (Å²) >= 11 is 1.41. The van der Waals surface area contributed by atoms with Crippen LogP contribution in [0.5, 0.6) is 0 Å². The first-order chi connectivity index (χ1) is 13.4. The number of hydrogen-bond donors (Lipinski definition) is 0. The molecule has 1 atom stereocenters. The van der Waals surface area contributed by atoms with E-state index in [0.717, 1.165) is 28.2 Å². The first-order valence-electron chi connectivity index (χ1n) is 9.03. The number of benzene rings is 2. The fourth-order valence-electron chi connectivity index (χ4n) is 3.57. The van der Waals surface area contributed by atoms with Gasteiger partial charge in [-0.1, -0.05) is 48.5 Å². The topological polar surface area (TPSA) is 67.3 Å². The summed E-state index contributed by atoms with van der Waals surface area (Å²) in [7, 11) is -3.61. The van der Waals surface area contributed by atoms with E-state index in [1.807, 2.05) is 61.5 Å². The van der Waals surface area contributed by atoms with Gasteiger partial charge in [0.2, 0.25) is 5.91 Å². The molecule has 0 N–H and O–H groups in total. The molecule has 144 valence electrons. The van der Waals surface area contributed by atoms with E-state index in [0.29, 0.717) is 5.69 Å². The molecular weight excluding hydrogens is 392 g/mol. The summed E-state index contributed by atoms with van der Waals surface area (Å²) in [6.45, 7) is 1.94. The quantitative estimate of drug-likeness (QED) is 0.641. The summed E-state index contributed by atoms with van der Waals surface area (Å²) in [5.41, 5.74) is 3.32. The maximum absolute atomic E-state index is 12.8. The maximum Gasteiger partial charge on any atom is 0.242 e. The van der Waals surface area contributed by atoms with Crippen LogP contribution in [-0.4, -0.2) is 31.1 Å². The third kappa shape index (κ3) is 3.86.